The highest BCUT2D eigenvalue weighted by molar-refractivity contribution is 5.15. The molecule has 4 aliphatic carbocycles. The molecule has 4 heterocycles. The molecular formula is C45H76O19. The topological polar surface area (TPSA) is 307 Å². The molecule has 8 fully saturated rings. The largest absolute Gasteiger partial charge is 0.394 e. The van der Waals surface area contributed by atoms with Crippen LogP contribution in [0.1, 0.15) is 91.9 Å². The first-order valence-corrected chi connectivity index (χ1v) is 23.9. The summed E-state index contributed by atoms with van der Waals surface area (Å²) in [5.41, 5.74) is 0.0475. The Morgan fingerprint density at radius 2 is 1.20 bits per heavy atom. The molecular weight excluding hydrogens is 844 g/mol. The quantitative estimate of drug-likeness (QED) is 0.0909. The third-order valence-corrected chi connectivity index (χ3v) is 18.0. The van der Waals surface area contributed by atoms with Crippen molar-refractivity contribution in [2.45, 2.75) is 202 Å². The van der Waals surface area contributed by atoms with E-state index in [-0.39, 0.29) is 47.4 Å². The Balaban J connectivity index is 0.869. The van der Waals surface area contributed by atoms with Gasteiger partial charge in [0, 0.05) is 12.3 Å². The molecule has 19 nitrogen and oxygen atoms in total. The van der Waals surface area contributed by atoms with Crippen molar-refractivity contribution in [2.75, 3.05) is 26.4 Å². The van der Waals surface area contributed by atoms with Crippen LogP contribution in [0.25, 0.3) is 0 Å². The molecule has 64 heavy (non-hydrogen) atoms. The maximum absolute atomic E-state index is 12.1. The molecule has 0 aromatic heterocycles. The Bertz CT molecular complexity index is 1560. The molecule has 0 amide bonds. The normalized spacial score (nSPS) is 55.6. The van der Waals surface area contributed by atoms with E-state index in [0.717, 1.165) is 44.9 Å². The molecule has 0 aromatic carbocycles. The standard InChI is InChI=1S/C45H76O19/c1-19(18-58-40-37(55)34(52)31(49)27(15-46)60-40)7-12-45(57)20(2)30-26(64-45)14-25-23-6-5-21-13-22(8-10-43(21,3)24(23)9-11-44(25,30)4)59-42-39(36(54)33(51)29(17-48)62-42)63-41-38(56)35(53)32(50)28(16-47)61-41/h19-42,46-57H,5-18H2,1-4H3/t19-,20-,21+,22+,23+,24+,25-,26-,27+,28+,29+,30-,31+,32+,33-,34-,35-,36-,37+,38+,39+,40+,41-,42+,43-,44-,45-/m0/s1. The Labute approximate surface area is 374 Å². The molecule has 370 valence electrons. The Morgan fingerprint density at radius 3 is 1.84 bits per heavy atom. The lowest BCUT2D eigenvalue weighted by Gasteiger charge is -2.61. The molecule has 0 unspecified atom stereocenters. The molecule has 4 saturated heterocycles. The molecule has 4 aliphatic heterocycles. The van der Waals surface area contributed by atoms with Crippen LogP contribution in [0, 0.1) is 52.3 Å². The van der Waals surface area contributed by atoms with E-state index in [4.69, 9.17) is 33.2 Å². The van der Waals surface area contributed by atoms with Crippen LogP contribution in [-0.2, 0) is 33.2 Å². The monoisotopic (exact) mass is 920 g/mol. The van der Waals surface area contributed by atoms with Crippen molar-refractivity contribution in [2.24, 2.45) is 52.3 Å². The van der Waals surface area contributed by atoms with Gasteiger partial charge >= 0.3 is 0 Å². The van der Waals surface area contributed by atoms with E-state index in [0.29, 0.717) is 42.9 Å². The lowest BCUT2D eigenvalue weighted by Crippen LogP contribution is -2.65. The summed E-state index contributed by atoms with van der Waals surface area (Å²) in [5, 5.41) is 125. The fourth-order valence-corrected chi connectivity index (χ4v) is 14.2. The van der Waals surface area contributed by atoms with Gasteiger partial charge in [0.1, 0.15) is 73.2 Å². The van der Waals surface area contributed by atoms with Crippen molar-refractivity contribution in [1.29, 1.82) is 0 Å². The van der Waals surface area contributed by atoms with E-state index in [1.807, 2.05) is 6.92 Å². The highest BCUT2D eigenvalue weighted by Gasteiger charge is 2.68. The number of hydrogen-bond acceptors (Lipinski definition) is 19. The molecule has 8 aliphatic rings. The summed E-state index contributed by atoms with van der Waals surface area (Å²) in [5.74, 6) is 0.532. The van der Waals surface area contributed by atoms with Crippen LogP contribution in [0.5, 0.6) is 0 Å². The maximum atomic E-state index is 12.1. The number of fused-ring (bicyclic) bond motifs is 7. The zero-order valence-corrected chi connectivity index (χ0v) is 37.5. The van der Waals surface area contributed by atoms with Crippen LogP contribution in [0.3, 0.4) is 0 Å². The van der Waals surface area contributed by atoms with Gasteiger partial charge in [0.15, 0.2) is 24.7 Å². The minimum Gasteiger partial charge on any atom is -0.394 e. The minimum absolute atomic E-state index is 0.00000712. The van der Waals surface area contributed by atoms with Crippen LogP contribution in [0.4, 0.5) is 0 Å². The summed E-state index contributed by atoms with van der Waals surface area (Å²) in [6, 6.07) is 0. The SMILES string of the molecule is C[C@@H](CC[C@]1(O)O[C@H]2C[C@H]3[C@@H]4CC[C@@H]5C[C@H](O[C@@H]6O[C@H](CO)[C@H](O)[C@H](O)[C@H]6O[C@@H]6O[C@H](CO)[C@@H](O)[C@H](O)[C@H]6O)CC[C@]5(C)[C@@H]4CC[C@]3(C)[C@H]2[C@@H]1C)CO[C@@H]1O[C@H](CO)[C@@H](O)[C@H](O)[C@H]1O. The number of aliphatic hydroxyl groups excluding tert-OH is 11. The molecule has 0 bridgehead atoms. The highest BCUT2D eigenvalue weighted by atomic mass is 16.8. The maximum Gasteiger partial charge on any atom is 0.187 e. The molecule has 0 radical (unpaired) electrons. The average Bonchev–Trinajstić information content (AvgIpc) is 3.71. The molecule has 0 aromatic rings. The summed E-state index contributed by atoms with van der Waals surface area (Å²) in [6.07, 6.45) is -13.7. The Morgan fingerprint density at radius 1 is 0.625 bits per heavy atom. The first-order valence-electron chi connectivity index (χ1n) is 23.9. The zero-order valence-electron chi connectivity index (χ0n) is 37.5. The van der Waals surface area contributed by atoms with E-state index in [1.54, 1.807) is 0 Å². The zero-order chi connectivity index (χ0) is 46.2. The van der Waals surface area contributed by atoms with Gasteiger partial charge in [0.05, 0.1) is 38.6 Å². The fourth-order valence-electron chi connectivity index (χ4n) is 14.2. The summed E-state index contributed by atoms with van der Waals surface area (Å²) in [4.78, 5) is 0. The van der Waals surface area contributed by atoms with Crippen molar-refractivity contribution in [3.63, 3.8) is 0 Å². The Hall–Kier alpha value is -0.760. The molecule has 4 saturated carbocycles. The minimum atomic E-state index is -1.75. The number of rotatable bonds is 13. The average molecular weight is 921 g/mol. The Kier molecular flexibility index (Phi) is 14.9. The smallest absolute Gasteiger partial charge is 0.187 e. The predicted molar refractivity (Wildman–Crippen MR) is 219 cm³/mol. The van der Waals surface area contributed by atoms with Gasteiger partial charge in [-0.25, -0.2) is 0 Å². The first kappa shape index (κ1) is 49.7. The van der Waals surface area contributed by atoms with E-state index < -0.39 is 118 Å². The second-order valence-electron chi connectivity index (χ2n) is 21.5. The van der Waals surface area contributed by atoms with Crippen LogP contribution >= 0.6 is 0 Å². The van der Waals surface area contributed by atoms with Gasteiger partial charge in [-0.05, 0) is 104 Å². The molecule has 8 rings (SSSR count). The molecule has 0 spiro atoms. The summed E-state index contributed by atoms with van der Waals surface area (Å²) >= 11 is 0. The van der Waals surface area contributed by atoms with Crippen LogP contribution in [-0.4, -0.2) is 198 Å². The molecule has 12 N–H and O–H groups in total. The van der Waals surface area contributed by atoms with Gasteiger partial charge in [0.2, 0.25) is 0 Å². The van der Waals surface area contributed by atoms with Crippen LogP contribution in [0.15, 0.2) is 0 Å². The number of hydrogen-bond donors (Lipinski definition) is 12. The van der Waals surface area contributed by atoms with Gasteiger partial charge in [-0.3, -0.25) is 0 Å². The summed E-state index contributed by atoms with van der Waals surface area (Å²) < 4.78 is 42.0. The second kappa shape index (κ2) is 19.2. The van der Waals surface area contributed by atoms with Gasteiger partial charge in [-0.1, -0.05) is 27.7 Å². The summed E-state index contributed by atoms with van der Waals surface area (Å²) in [7, 11) is 0. The van der Waals surface area contributed by atoms with E-state index in [1.165, 1.54) is 0 Å². The predicted octanol–water partition coefficient (Wildman–Crippen LogP) is -1.78. The van der Waals surface area contributed by atoms with Crippen molar-refractivity contribution in [3.05, 3.63) is 0 Å². The van der Waals surface area contributed by atoms with Gasteiger partial charge < -0.3 is 94.4 Å². The van der Waals surface area contributed by atoms with Gasteiger partial charge in [-0.2, -0.15) is 0 Å². The van der Waals surface area contributed by atoms with Crippen molar-refractivity contribution >= 4 is 0 Å². The summed E-state index contributed by atoms with van der Waals surface area (Å²) in [6.45, 7) is 7.28. The van der Waals surface area contributed by atoms with Crippen molar-refractivity contribution < 1.29 is 94.4 Å². The second-order valence-corrected chi connectivity index (χ2v) is 21.5. The number of ether oxygens (including phenoxy) is 7. The first-order chi connectivity index (χ1) is 30.3. The lowest BCUT2D eigenvalue weighted by atomic mass is 9.44. The van der Waals surface area contributed by atoms with E-state index in [2.05, 4.69) is 20.8 Å². The van der Waals surface area contributed by atoms with Crippen molar-refractivity contribution in [3.8, 4) is 0 Å². The third kappa shape index (κ3) is 8.65. The van der Waals surface area contributed by atoms with E-state index >= 15 is 0 Å². The molecule has 19 heteroatoms. The number of aliphatic hydroxyl groups is 12. The highest BCUT2D eigenvalue weighted by Crippen LogP contribution is 2.71. The molecule has 27 atom stereocenters. The van der Waals surface area contributed by atoms with Crippen molar-refractivity contribution in [1.82, 2.24) is 0 Å². The lowest BCUT2D eigenvalue weighted by molar-refractivity contribution is -0.373. The van der Waals surface area contributed by atoms with E-state index in [9.17, 15) is 61.3 Å². The van der Waals surface area contributed by atoms with Gasteiger partial charge in [0.25, 0.3) is 0 Å². The third-order valence-electron chi connectivity index (χ3n) is 18.0. The van der Waals surface area contributed by atoms with Crippen LogP contribution in [0.2, 0.25) is 0 Å². The fraction of sp³-hybridized carbons (Fsp3) is 1.00. The van der Waals surface area contributed by atoms with Gasteiger partial charge in [-0.15, -0.1) is 0 Å². The van der Waals surface area contributed by atoms with Crippen LogP contribution < -0.4 is 0 Å².